The van der Waals surface area contributed by atoms with Gasteiger partial charge in [-0.2, -0.15) is 13.2 Å². The van der Waals surface area contributed by atoms with Crippen molar-refractivity contribution in [3.63, 3.8) is 0 Å². The molecule has 0 bridgehead atoms. The zero-order valence-electron chi connectivity index (χ0n) is 18.2. The van der Waals surface area contributed by atoms with Crippen molar-refractivity contribution in [3.05, 3.63) is 71.7 Å². The lowest BCUT2D eigenvalue weighted by atomic mass is 10.2. The number of thioether (sulfide) groups is 1. The van der Waals surface area contributed by atoms with Gasteiger partial charge in [0.25, 0.3) is 0 Å². The summed E-state index contributed by atoms with van der Waals surface area (Å²) in [5.41, 5.74) is -0.517. The van der Waals surface area contributed by atoms with Crippen molar-refractivity contribution in [2.75, 3.05) is 7.11 Å². The predicted octanol–water partition coefficient (Wildman–Crippen LogP) is 5.11. The number of aromatic nitrogens is 5. The van der Waals surface area contributed by atoms with Gasteiger partial charge >= 0.3 is 6.18 Å². The lowest BCUT2D eigenvalue weighted by Crippen LogP contribution is -2.09. The minimum absolute atomic E-state index is 0.0172. The highest BCUT2D eigenvalue weighted by Crippen LogP contribution is 2.32. The quantitative estimate of drug-likeness (QED) is 0.299. The molecular weight excluding hydrogens is 471 g/mol. The zero-order chi connectivity index (χ0) is 24.1. The lowest BCUT2D eigenvalue weighted by molar-refractivity contribution is -0.137. The molecule has 0 N–H and O–H groups in total. The summed E-state index contributed by atoms with van der Waals surface area (Å²) in [6.07, 6.45) is -3.89. The van der Waals surface area contributed by atoms with Gasteiger partial charge in [-0.15, -0.1) is 20.4 Å². The van der Waals surface area contributed by atoms with E-state index in [9.17, 15) is 13.2 Å². The van der Waals surface area contributed by atoms with Crippen LogP contribution in [0.5, 0.6) is 11.5 Å². The maximum absolute atomic E-state index is 13.3. The molecule has 0 saturated carbocycles. The van der Waals surface area contributed by atoms with Crippen LogP contribution in [-0.2, 0) is 25.0 Å². The first-order valence-electron chi connectivity index (χ1n) is 10.2. The average Bonchev–Trinajstić information content (AvgIpc) is 3.48. The summed E-state index contributed by atoms with van der Waals surface area (Å²) in [6, 6.07) is 11.9. The maximum Gasteiger partial charge on any atom is 0.416 e. The largest absolute Gasteiger partial charge is 0.497 e. The Balaban J connectivity index is 1.62. The first-order valence-corrected chi connectivity index (χ1v) is 11.2. The molecule has 0 unspecified atom stereocenters. The van der Waals surface area contributed by atoms with E-state index in [1.807, 2.05) is 6.92 Å². The Morgan fingerprint density at radius 2 is 1.71 bits per heavy atom. The molecule has 2 aromatic heterocycles. The van der Waals surface area contributed by atoms with E-state index in [2.05, 4.69) is 20.4 Å². The molecule has 0 spiro atoms. The van der Waals surface area contributed by atoms with Crippen LogP contribution in [0.1, 0.15) is 30.1 Å². The van der Waals surface area contributed by atoms with Crippen LogP contribution in [0, 0.1) is 0 Å². The highest BCUT2D eigenvalue weighted by atomic mass is 32.2. The molecule has 0 fully saturated rings. The molecule has 4 rings (SSSR count). The number of nitrogens with zero attached hydrogens (tertiary/aromatic N) is 5. The van der Waals surface area contributed by atoms with E-state index in [-0.39, 0.29) is 18.0 Å². The average molecular weight is 491 g/mol. The van der Waals surface area contributed by atoms with Crippen molar-refractivity contribution in [2.45, 2.75) is 37.0 Å². The highest BCUT2D eigenvalue weighted by molar-refractivity contribution is 7.98. The second kappa shape index (κ2) is 10.2. The molecule has 4 aromatic rings. The number of hydrogen-bond acceptors (Lipinski definition) is 8. The summed E-state index contributed by atoms with van der Waals surface area (Å²) in [5, 5.41) is 16.6. The third-order valence-corrected chi connectivity index (χ3v) is 5.61. The standard InChI is InChI=1S/C22H20F3N5O3S/c1-3-19-27-28-20(33-19)13-34-21-29-26-18(12-32-17-9-7-16(31-2)8-10-17)30(21)15-6-4-5-14(11-15)22(23,24)25/h4-11H,3,12-13H2,1-2H3. The Hall–Kier alpha value is -3.54. The van der Waals surface area contributed by atoms with Crippen LogP contribution < -0.4 is 9.47 Å². The summed E-state index contributed by atoms with van der Waals surface area (Å²) in [6.45, 7) is 1.88. The summed E-state index contributed by atoms with van der Waals surface area (Å²) < 4.78 is 58.0. The Bertz CT molecular complexity index is 1240. The molecule has 12 heteroatoms. The number of ether oxygens (including phenoxy) is 2. The summed E-state index contributed by atoms with van der Waals surface area (Å²) in [7, 11) is 1.56. The van der Waals surface area contributed by atoms with Crippen LogP contribution in [-0.4, -0.2) is 32.1 Å². The summed E-state index contributed by atoms with van der Waals surface area (Å²) in [5.74, 6) is 2.72. The van der Waals surface area contributed by atoms with Crippen LogP contribution in [0.15, 0.2) is 58.1 Å². The van der Waals surface area contributed by atoms with Gasteiger partial charge < -0.3 is 13.9 Å². The molecule has 0 amide bonds. The molecule has 0 radical (unpaired) electrons. The van der Waals surface area contributed by atoms with Crippen molar-refractivity contribution in [3.8, 4) is 17.2 Å². The van der Waals surface area contributed by atoms with E-state index >= 15 is 0 Å². The highest BCUT2D eigenvalue weighted by Gasteiger charge is 2.31. The topological polar surface area (TPSA) is 88.1 Å². The van der Waals surface area contributed by atoms with Crippen LogP contribution in [0.3, 0.4) is 0 Å². The van der Waals surface area contributed by atoms with Crippen LogP contribution in [0.2, 0.25) is 0 Å². The predicted molar refractivity (Wildman–Crippen MR) is 117 cm³/mol. The molecule has 0 atom stereocenters. The van der Waals surface area contributed by atoms with Crippen molar-refractivity contribution in [2.24, 2.45) is 0 Å². The van der Waals surface area contributed by atoms with E-state index in [0.717, 1.165) is 12.1 Å². The van der Waals surface area contributed by atoms with Gasteiger partial charge in [-0.05, 0) is 42.5 Å². The third kappa shape index (κ3) is 5.50. The minimum Gasteiger partial charge on any atom is -0.497 e. The number of alkyl halides is 3. The van der Waals surface area contributed by atoms with Crippen molar-refractivity contribution >= 4 is 11.8 Å². The molecule has 0 saturated heterocycles. The number of rotatable bonds is 9. The monoisotopic (exact) mass is 491 g/mol. The number of halogens is 3. The Kier molecular flexibility index (Phi) is 7.06. The van der Waals surface area contributed by atoms with Crippen LogP contribution in [0.25, 0.3) is 5.69 Å². The van der Waals surface area contributed by atoms with Gasteiger partial charge in [0.15, 0.2) is 11.0 Å². The fourth-order valence-electron chi connectivity index (χ4n) is 3.00. The van der Waals surface area contributed by atoms with Gasteiger partial charge in [-0.1, -0.05) is 24.8 Å². The second-order valence-electron chi connectivity index (χ2n) is 6.98. The van der Waals surface area contributed by atoms with Crippen LogP contribution >= 0.6 is 11.8 Å². The zero-order valence-corrected chi connectivity index (χ0v) is 19.1. The summed E-state index contributed by atoms with van der Waals surface area (Å²) in [4.78, 5) is 0. The molecule has 0 aliphatic heterocycles. The van der Waals surface area contributed by atoms with Gasteiger partial charge in [-0.3, -0.25) is 4.57 Å². The Labute approximate surface area is 197 Å². The molecule has 0 aliphatic rings. The number of methoxy groups -OCH3 is 1. The smallest absolute Gasteiger partial charge is 0.416 e. The van der Waals surface area contributed by atoms with Crippen molar-refractivity contribution in [1.82, 2.24) is 25.0 Å². The molecule has 34 heavy (non-hydrogen) atoms. The molecule has 8 nitrogen and oxygen atoms in total. The first kappa shape index (κ1) is 23.6. The lowest BCUT2D eigenvalue weighted by Gasteiger charge is -2.13. The van der Waals surface area contributed by atoms with Gasteiger partial charge in [0.1, 0.15) is 18.1 Å². The third-order valence-electron chi connectivity index (χ3n) is 4.70. The van der Waals surface area contributed by atoms with Crippen LogP contribution in [0.4, 0.5) is 13.2 Å². The summed E-state index contributed by atoms with van der Waals surface area (Å²) >= 11 is 1.22. The van der Waals surface area contributed by atoms with E-state index in [4.69, 9.17) is 13.9 Å². The van der Waals surface area contributed by atoms with Gasteiger partial charge in [0.2, 0.25) is 11.8 Å². The Morgan fingerprint density at radius 3 is 2.38 bits per heavy atom. The maximum atomic E-state index is 13.3. The van der Waals surface area contributed by atoms with E-state index in [0.29, 0.717) is 40.7 Å². The van der Waals surface area contributed by atoms with E-state index in [1.54, 1.807) is 37.4 Å². The fourth-order valence-corrected chi connectivity index (χ4v) is 3.81. The van der Waals surface area contributed by atoms with Crippen molar-refractivity contribution < 1.29 is 27.1 Å². The molecule has 2 heterocycles. The second-order valence-corrected chi connectivity index (χ2v) is 7.92. The molecule has 178 valence electrons. The van der Waals surface area contributed by atoms with Crippen molar-refractivity contribution in [1.29, 1.82) is 0 Å². The normalized spacial score (nSPS) is 11.6. The molecule has 2 aromatic carbocycles. The van der Waals surface area contributed by atoms with E-state index < -0.39 is 11.7 Å². The van der Waals surface area contributed by atoms with E-state index in [1.165, 1.54) is 22.4 Å². The molecular formula is C22H20F3N5O3S. The number of benzene rings is 2. The first-order chi connectivity index (χ1) is 16.4. The number of hydrogen-bond donors (Lipinski definition) is 0. The fraction of sp³-hybridized carbons (Fsp3) is 0.273. The minimum atomic E-state index is -4.49. The SMILES string of the molecule is CCc1nnc(CSc2nnc(COc3ccc(OC)cc3)n2-c2cccc(C(F)(F)F)c2)o1. The molecule has 0 aliphatic carbocycles. The van der Waals surface area contributed by atoms with Gasteiger partial charge in [-0.25, -0.2) is 0 Å². The van der Waals surface area contributed by atoms with Gasteiger partial charge in [0.05, 0.1) is 24.1 Å². The number of aryl methyl sites for hydroxylation is 1. The van der Waals surface area contributed by atoms with Gasteiger partial charge in [0, 0.05) is 6.42 Å². The Morgan fingerprint density at radius 1 is 0.971 bits per heavy atom.